The molecule has 2 saturated heterocycles. The average Bonchev–Trinajstić information content (AvgIpc) is 2.94. The molecule has 5 nitrogen and oxygen atoms in total. The van der Waals surface area contributed by atoms with Gasteiger partial charge in [-0.05, 0) is 56.8 Å². The Morgan fingerprint density at radius 3 is 2.11 bits per heavy atom. The van der Waals surface area contributed by atoms with Crippen LogP contribution in [0.4, 0.5) is 5.69 Å². The molecule has 0 bridgehead atoms. The number of anilines is 1. The van der Waals surface area contributed by atoms with Gasteiger partial charge in [-0.3, -0.25) is 19.4 Å². The predicted molar refractivity (Wildman–Crippen MR) is 106 cm³/mol. The van der Waals surface area contributed by atoms with E-state index in [2.05, 4.69) is 34.1 Å². The van der Waals surface area contributed by atoms with Crippen molar-refractivity contribution >= 4 is 17.5 Å². The van der Waals surface area contributed by atoms with Gasteiger partial charge >= 0.3 is 0 Å². The normalized spacial score (nSPS) is 25.4. The van der Waals surface area contributed by atoms with Crippen molar-refractivity contribution in [2.45, 2.75) is 38.6 Å². The van der Waals surface area contributed by atoms with E-state index in [0.29, 0.717) is 19.5 Å². The second kappa shape index (κ2) is 7.85. The zero-order chi connectivity index (χ0) is 18.8. The van der Waals surface area contributed by atoms with E-state index in [1.54, 1.807) is 0 Å². The fourth-order valence-electron chi connectivity index (χ4n) is 4.58. The van der Waals surface area contributed by atoms with Gasteiger partial charge in [-0.1, -0.05) is 24.3 Å². The molecule has 2 aliphatic heterocycles. The molecule has 0 unspecified atom stereocenters. The van der Waals surface area contributed by atoms with Crippen LogP contribution in [0.2, 0.25) is 0 Å². The number of amides is 2. The van der Waals surface area contributed by atoms with Crippen LogP contribution in [-0.2, 0) is 16.1 Å². The summed E-state index contributed by atoms with van der Waals surface area (Å²) >= 11 is 0. The Hall–Kier alpha value is -2.14. The van der Waals surface area contributed by atoms with Crippen molar-refractivity contribution in [2.24, 2.45) is 11.8 Å². The van der Waals surface area contributed by atoms with E-state index >= 15 is 0 Å². The first-order valence-corrected chi connectivity index (χ1v) is 10.2. The Morgan fingerprint density at radius 2 is 1.52 bits per heavy atom. The van der Waals surface area contributed by atoms with Gasteiger partial charge in [-0.15, -0.1) is 0 Å². The minimum absolute atomic E-state index is 0.00152. The summed E-state index contributed by atoms with van der Waals surface area (Å²) in [5.41, 5.74) is 2.50. The van der Waals surface area contributed by atoms with Gasteiger partial charge in [0.1, 0.15) is 0 Å². The summed E-state index contributed by atoms with van der Waals surface area (Å²) in [5.74, 6) is -0.275. The third-order valence-corrected chi connectivity index (χ3v) is 6.09. The quantitative estimate of drug-likeness (QED) is 0.593. The summed E-state index contributed by atoms with van der Waals surface area (Å²) < 4.78 is 0. The topological polar surface area (TPSA) is 43.9 Å². The first-order valence-electron chi connectivity index (χ1n) is 10.2. The highest BCUT2D eigenvalue weighted by atomic mass is 16.2. The maximum absolute atomic E-state index is 12.6. The lowest BCUT2D eigenvalue weighted by Crippen LogP contribution is -2.40. The van der Waals surface area contributed by atoms with Gasteiger partial charge in [0.25, 0.3) is 0 Å². The molecule has 1 aliphatic carbocycles. The Kier molecular flexibility index (Phi) is 5.30. The van der Waals surface area contributed by atoms with Crippen LogP contribution in [-0.4, -0.2) is 48.4 Å². The van der Waals surface area contributed by atoms with Crippen LogP contribution in [0.1, 0.15) is 37.7 Å². The number of hydrogen-bond donors (Lipinski definition) is 0. The zero-order valence-electron chi connectivity index (χ0n) is 16.1. The van der Waals surface area contributed by atoms with E-state index in [1.807, 2.05) is 19.2 Å². The number of carbonyl (C=O) groups excluding carboxylic acids is 2. The fourth-order valence-corrected chi connectivity index (χ4v) is 4.58. The zero-order valence-corrected chi connectivity index (χ0v) is 16.1. The summed E-state index contributed by atoms with van der Waals surface area (Å²) in [7, 11) is 1.97. The van der Waals surface area contributed by atoms with Gasteiger partial charge in [0.05, 0.1) is 18.5 Å². The third-order valence-electron chi connectivity index (χ3n) is 6.09. The van der Waals surface area contributed by atoms with Crippen LogP contribution in [0.3, 0.4) is 0 Å². The van der Waals surface area contributed by atoms with Gasteiger partial charge in [0.15, 0.2) is 0 Å². The largest absolute Gasteiger partial charge is 0.372 e. The molecule has 2 atom stereocenters. The number of piperidine rings is 1. The molecule has 1 aromatic carbocycles. The third kappa shape index (κ3) is 3.79. The molecule has 144 valence electrons. The van der Waals surface area contributed by atoms with E-state index in [0.717, 1.165) is 19.6 Å². The van der Waals surface area contributed by atoms with Gasteiger partial charge in [0.2, 0.25) is 11.8 Å². The highest BCUT2D eigenvalue weighted by Crippen LogP contribution is 2.35. The van der Waals surface area contributed by atoms with Crippen molar-refractivity contribution in [1.29, 1.82) is 0 Å². The number of carbonyl (C=O) groups is 2. The Bertz CT molecular complexity index is 696. The SMILES string of the molecule is CN(Cc1ccc(N2CCCCC2)cc1)CN1C(=O)[C@@H]2CC=CC[C@H]2C1=O. The number of nitrogens with zero attached hydrogens (tertiary/aromatic N) is 3. The summed E-state index contributed by atoms with van der Waals surface area (Å²) in [4.78, 5) is 31.2. The second-order valence-corrected chi connectivity index (χ2v) is 8.13. The molecule has 2 amide bonds. The summed E-state index contributed by atoms with van der Waals surface area (Å²) in [5, 5.41) is 0. The average molecular weight is 367 g/mol. The first kappa shape index (κ1) is 18.2. The molecule has 27 heavy (non-hydrogen) atoms. The van der Waals surface area contributed by atoms with Crippen LogP contribution < -0.4 is 4.90 Å². The number of benzene rings is 1. The molecular formula is C22H29N3O2. The van der Waals surface area contributed by atoms with Gasteiger partial charge in [-0.25, -0.2) is 0 Å². The number of fused-ring (bicyclic) bond motifs is 1. The Balaban J connectivity index is 1.34. The monoisotopic (exact) mass is 367 g/mol. The molecule has 0 N–H and O–H groups in total. The maximum Gasteiger partial charge on any atom is 0.234 e. The fraction of sp³-hybridized carbons (Fsp3) is 0.545. The van der Waals surface area contributed by atoms with Crippen LogP contribution in [0.25, 0.3) is 0 Å². The molecule has 0 saturated carbocycles. The summed E-state index contributed by atoms with van der Waals surface area (Å²) in [6.45, 7) is 3.40. The number of rotatable bonds is 5. The van der Waals surface area contributed by atoms with E-state index in [1.165, 1.54) is 35.4 Å². The lowest BCUT2D eigenvalue weighted by Gasteiger charge is -2.29. The molecule has 3 aliphatic rings. The highest BCUT2D eigenvalue weighted by Gasteiger charge is 2.47. The standard InChI is InChI=1S/C22H29N3O2/c1-23(16-25-21(26)19-7-3-4-8-20(19)22(25)27)15-17-9-11-18(12-10-17)24-13-5-2-6-14-24/h3-4,9-12,19-20H,2,5-8,13-16H2,1H3/t19-,20-/m1/s1. The predicted octanol–water partition coefficient (Wildman–Crippen LogP) is 3.02. The Labute approximate surface area is 161 Å². The molecule has 2 heterocycles. The number of hydrogen-bond acceptors (Lipinski definition) is 4. The van der Waals surface area contributed by atoms with Crippen molar-refractivity contribution in [3.8, 4) is 0 Å². The molecular weight excluding hydrogens is 338 g/mol. The van der Waals surface area contributed by atoms with Crippen LogP contribution >= 0.6 is 0 Å². The number of imide groups is 1. The molecule has 1 aromatic rings. The smallest absolute Gasteiger partial charge is 0.234 e. The lowest BCUT2D eigenvalue weighted by molar-refractivity contribution is -0.142. The van der Waals surface area contributed by atoms with E-state index in [-0.39, 0.29) is 23.7 Å². The number of allylic oxidation sites excluding steroid dienone is 2. The lowest BCUT2D eigenvalue weighted by atomic mass is 9.85. The summed E-state index contributed by atoms with van der Waals surface area (Å²) in [6, 6.07) is 8.72. The molecule has 0 spiro atoms. The number of likely N-dealkylation sites (tertiary alicyclic amines) is 1. The molecule has 4 rings (SSSR count). The minimum atomic E-state index is -0.139. The van der Waals surface area contributed by atoms with E-state index in [4.69, 9.17) is 0 Å². The van der Waals surface area contributed by atoms with Crippen molar-refractivity contribution in [1.82, 2.24) is 9.80 Å². The van der Waals surface area contributed by atoms with Gasteiger partial charge < -0.3 is 4.90 Å². The maximum atomic E-state index is 12.6. The summed E-state index contributed by atoms with van der Waals surface area (Å²) in [6.07, 6.45) is 9.36. The molecule has 0 radical (unpaired) electrons. The first-order chi connectivity index (χ1) is 13.1. The van der Waals surface area contributed by atoms with Crippen LogP contribution in [0.15, 0.2) is 36.4 Å². The van der Waals surface area contributed by atoms with Crippen molar-refractivity contribution in [3.63, 3.8) is 0 Å². The van der Waals surface area contributed by atoms with Gasteiger partial charge in [0, 0.05) is 25.3 Å². The Morgan fingerprint density at radius 1 is 0.926 bits per heavy atom. The van der Waals surface area contributed by atoms with Crippen molar-refractivity contribution in [3.05, 3.63) is 42.0 Å². The second-order valence-electron chi connectivity index (χ2n) is 8.13. The van der Waals surface area contributed by atoms with Crippen molar-refractivity contribution < 1.29 is 9.59 Å². The highest BCUT2D eigenvalue weighted by molar-refractivity contribution is 6.05. The van der Waals surface area contributed by atoms with E-state index < -0.39 is 0 Å². The van der Waals surface area contributed by atoms with Crippen LogP contribution in [0, 0.1) is 11.8 Å². The molecule has 0 aromatic heterocycles. The minimum Gasteiger partial charge on any atom is -0.372 e. The van der Waals surface area contributed by atoms with E-state index in [9.17, 15) is 9.59 Å². The van der Waals surface area contributed by atoms with Crippen molar-refractivity contribution in [2.75, 3.05) is 31.7 Å². The molecule has 2 fully saturated rings. The molecule has 5 heteroatoms. The van der Waals surface area contributed by atoms with Gasteiger partial charge in [-0.2, -0.15) is 0 Å². The van der Waals surface area contributed by atoms with Crippen LogP contribution in [0.5, 0.6) is 0 Å².